The van der Waals surface area contributed by atoms with E-state index in [0.29, 0.717) is 25.3 Å². The predicted octanol–water partition coefficient (Wildman–Crippen LogP) is 7.41. The van der Waals surface area contributed by atoms with Gasteiger partial charge < -0.3 is 4.74 Å². The van der Waals surface area contributed by atoms with Gasteiger partial charge in [0.05, 0.1) is 24.0 Å². The van der Waals surface area contributed by atoms with Crippen molar-refractivity contribution < 1.29 is 13.2 Å². The van der Waals surface area contributed by atoms with E-state index in [2.05, 4.69) is 37.0 Å². The molecule has 0 spiro atoms. The van der Waals surface area contributed by atoms with Crippen molar-refractivity contribution >= 4 is 26.5 Å². The van der Waals surface area contributed by atoms with E-state index in [9.17, 15) is 8.42 Å². The lowest BCUT2D eigenvalue weighted by atomic mass is 10.0. The molecule has 1 saturated heterocycles. The summed E-state index contributed by atoms with van der Waals surface area (Å²) in [5, 5.41) is 0.125. The van der Waals surface area contributed by atoms with Crippen LogP contribution in [-0.2, 0) is 16.4 Å². The average molecular weight is 538 g/mol. The minimum Gasteiger partial charge on any atom is -0.494 e. The summed E-state index contributed by atoms with van der Waals surface area (Å²) in [5.74, 6) is 0.875. The molecule has 38 heavy (non-hydrogen) atoms. The first-order valence-electron chi connectivity index (χ1n) is 13.8. The lowest BCUT2D eigenvalue weighted by Gasteiger charge is -2.35. The van der Waals surface area contributed by atoms with Crippen LogP contribution in [-0.4, -0.2) is 42.7 Å². The van der Waals surface area contributed by atoms with E-state index in [1.54, 1.807) is 11.2 Å². The summed E-state index contributed by atoms with van der Waals surface area (Å²) < 4.78 is 34.9. The molecule has 2 aromatic carbocycles. The minimum absolute atomic E-state index is 0.125. The van der Waals surface area contributed by atoms with Crippen molar-refractivity contribution in [1.82, 2.24) is 4.31 Å². The van der Waals surface area contributed by atoms with E-state index >= 15 is 0 Å². The number of piperidine rings is 1. The maximum Gasteiger partial charge on any atom is 0.256 e. The molecule has 1 aliphatic rings. The van der Waals surface area contributed by atoms with Crippen molar-refractivity contribution in [3.8, 4) is 5.75 Å². The molecule has 1 unspecified atom stereocenters. The first-order valence-corrected chi connectivity index (χ1v) is 15.3. The molecule has 1 atom stereocenters. The van der Waals surface area contributed by atoms with Gasteiger partial charge >= 0.3 is 0 Å². The molecule has 0 N–H and O–H groups in total. The molecule has 0 saturated carbocycles. The number of rotatable bonds is 11. The third kappa shape index (κ3) is 8.11. The number of ether oxygens (including phenoxy) is 1. The van der Waals surface area contributed by atoms with Gasteiger partial charge in [-0.15, -0.1) is 0 Å². The van der Waals surface area contributed by atoms with Gasteiger partial charge in [-0.1, -0.05) is 63.1 Å². The zero-order chi connectivity index (χ0) is 27.5. The molecule has 6 nitrogen and oxygen atoms in total. The molecular formula is C31H43N3O3S. The molecule has 2 aromatic rings. The van der Waals surface area contributed by atoms with Gasteiger partial charge in [-0.2, -0.15) is 4.31 Å². The molecule has 0 aromatic heterocycles. The molecule has 1 fully saturated rings. The van der Waals surface area contributed by atoms with E-state index in [4.69, 9.17) is 9.73 Å². The maximum absolute atomic E-state index is 13.8. The van der Waals surface area contributed by atoms with Crippen LogP contribution in [0, 0.1) is 6.92 Å². The Bertz CT molecular complexity index is 1250. The summed E-state index contributed by atoms with van der Waals surface area (Å²) in [7, 11) is -3.74. The van der Waals surface area contributed by atoms with Crippen molar-refractivity contribution in [3.05, 3.63) is 71.4 Å². The second-order valence-electron chi connectivity index (χ2n) is 9.98. The molecule has 0 amide bonds. The van der Waals surface area contributed by atoms with Crippen LogP contribution in [0.15, 0.2) is 70.3 Å². The molecule has 0 aliphatic carbocycles. The quantitative estimate of drug-likeness (QED) is 0.221. The zero-order valence-corrected chi connectivity index (χ0v) is 24.4. The van der Waals surface area contributed by atoms with Crippen LogP contribution in [0.4, 0.5) is 5.69 Å². The summed E-state index contributed by atoms with van der Waals surface area (Å²) in [5.41, 5.74) is 4.59. The van der Waals surface area contributed by atoms with Gasteiger partial charge in [0.2, 0.25) is 0 Å². The Hall–Kier alpha value is -2.77. The third-order valence-corrected chi connectivity index (χ3v) is 8.58. The highest BCUT2D eigenvalue weighted by Gasteiger charge is 2.36. The summed E-state index contributed by atoms with van der Waals surface area (Å²) in [6.45, 7) is 11.0. The summed E-state index contributed by atoms with van der Waals surface area (Å²) >= 11 is 0. The van der Waals surface area contributed by atoms with Gasteiger partial charge in [0, 0.05) is 18.7 Å². The van der Waals surface area contributed by atoms with Gasteiger partial charge in [0.1, 0.15) is 10.8 Å². The summed E-state index contributed by atoms with van der Waals surface area (Å²) in [6.07, 6.45) is 8.20. The fraction of sp³-hybridized carbons (Fsp3) is 0.484. The minimum atomic E-state index is -3.74. The van der Waals surface area contributed by atoms with Crippen LogP contribution in [0.3, 0.4) is 0 Å². The first-order chi connectivity index (χ1) is 18.3. The molecular weight excluding hydrogens is 494 g/mol. The highest BCUT2D eigenvalue weighted by molar-refractivity contribution is 8.04. The van der Waals surface area contributed by atoms with Gasteiger partial charge in [0.15, 0.2) is 0 Å². The van der Waals surface area contributed by atoms with Crippen LogP contribution in [0.1, 0.15) is 77.3 Å². The second kappa shape index (κ2) is 14.4. The fourth-order valence-electron chi connectivity index (χ4n) is 4.60. The monoisotopic (exact) mass is 537 g/mol. The van der Waals surface area contributed by atoms with Crippen LogP contribution in [0.2, 0.25) is 0 Å². The Labute approximate surface area is 229 Å². The number of aliphatic imine (C=N–C) groups is 2. The summed E-state index contributed by atoms with van der Waals surface area (Å²) in [4.78, 5) is 9.55. The Morgan fingerprint density at radius 2 is 1.79 bits per heavy atom. The molecule has 1 heterocycles. The third-order valence-electron chi connectivity index (χ3n) is 6.69. The van der Waals surface area contributed by atoms with E-state index in [1.807, 2.05) is 50.2 Å². The standard InChI is InChI=1S/C31H43N3O3S/c1-6-8-14-30(32-25(4)23-27-17-19-28(20-18-27)37-22-7-2)31-16-11-12-21-34(31)38(35,36)26(5)33-29-15-10-9-13-24(29)3/h9-10,13-15,17-20,31H,6-8,11-12,16,21-23H2,1-5H3/b30-14+,32-25?,33-26?. The van der Waals surface area contributed by atoms with Crippen molar-refractivity contribution in [2.24, 2.45) is 9.98 Å². The molecule has 1 aliphatic heterocycles. The number of aryl methyl sites for hydroxylation is 1. The van der Waals surface area contributed by atoms with Crippen molar-refractivity contribution in [2.45, 2.75) is 85.6 Å². The normalized spacial score (nSPS) is 18.0. The van der Waals surface area contributed by atoms with Crippen LogP contribution < -0.4 is 4.74 Å². The maximum atomic E-state index is 13.8. The largest absolute Gasteiger partial charge is 0.494 e. The van der Waals surface area contributed by atoms with Gasteiger partial charge in [-0.25, -0.2) is 13.4 Å². The second-order valence-corrected chi connectivity index (χ2v) is 12.0. The van der Waals surface area contributed by atoms with Crippen LogP contribution >= 0.6 is 0 Å². The van der Waals surface area contributed by atoms with Crippen LogP contribution in [0.5, 0.6) is 5.75 Å². The number of allylic oxidation sites excluding steroid dienone is 1. The highest BCUT2D eigenvalue weighted by Crippen LogP contribution is 2.29. The number of unbranched alkanes of at least 4 members (excludes halogenated alkanes) is 1. The number of nitrogens with zero attached hydrogens (tertiary/aromatic N) is 3. The number of hydrogen-bond donors (Lipinski definition) is 0. The first kappa shape index (κ1) is 29.8. The Morgan fingerprint density at radius 1 is 1.05 bits per heavy atom. The smallest absolute Gasteiger partial charge is 0.256 e. The van der Waals surface area contributed by atoms with Gasteiger partial charge in [-0.05, 0) is 75.8 Å². The molecule has 0 radical (unpaired) electrons. The Kier molecular flexibility index (Phi) is 11.3. The van der Waals surface area contributed by atoms with Gasteiger partial charge in [-0.3, -0.25) is 4.99 Å². The number of para-hydroxylation sites is 1. The van der Waals surface area contributed by atoms with Crippen molar-refractivity contribution in [2.75, 3.05) is 13.2 Å². The predicted molar refractivity (Wildman–Crippen MR) is 159 cm³/mol. The lowest BCUT2D eigenvalue weighted by molar-refractivity contribution is 0.283. The number of benzene rings is 2. The highest BCUT2D eigenvalue weighted by atomic mass is 32.2. The number of hydrogen-bond acceptors (Lipinski definition) is 5. The zero-order valence-electron chi connectivity index (χ0n) is 23.6. The van der Waals surface area contributed by atoms with Crippen molar-refractivity contribution in [3.63, 3.8) is 0 Å². The summed E-state index contributed by atoms with van der Waals surface area (Å²) in [6, 6.07) is 15.5. The van der Waals surface area contributed by atoms with E-state index in [-0.39, 0.29) is 11.1 Å². The fourth-order valence-corrected chi connectivity index (χ4v) is 6.07. The molecule has 0 bridgehead atoms. The Balaban J connectivity index is 1.86. The van der Waals surface area contributed by atoms with Crippen LogP contribution in [0.25, 0.3) is 0 Å². The van der Waals surface area contributed by atoms with Gasteiger partial charge in [0.25, 0.3) is 10.0 Å². The average Bonchev–Trinajstić information content (AvgIpc) is 2.91. The SMILES string of the molecule is CCC/C=C(/N=C(C)Cc1ccc(OCCC)cc1)C1CCCCN1S(=O)(=O)C(C)=Nc1ccccc1C. The van der Waals surface area contributed by atoms with E-state index < -0.39 is 10.0 Å². The lowest BCUT2D eigenvalue weighted by Crippen LogP contribution is -2.46. The van der Waals surface area contributed by atoms with Crippen molar-refractivity contribution in [1.29, 1.82) is 0 Å². The molecule has 206 valence electrons. The topological polar surface area (TPSA) is 71.3 Å². The Morgan fingerprint density at radius 3 is 2.47 bits per heavy atom. The molecule has 7 heteroatoms. The van der Waals surface area contributed by atoms with E-state index in [1.165, 1.54) is 0 Å². The molecule has 3 rings (SSSR count). The number of sulfonamides is 1. The van der Waals surface area contributed by atoms with E-state index in [0.717, 1.165) is 66.8 Å².